The second-order valence-electron chi connectivity index (χ2n) is 7.87. The van der Waals surface area contributed by atoms with Crippen LogP contribution in [-0.4, -0.2) is 32.2 Å². The van der Waals surface area contributed by atoms with Gasteiger partial charge in [-0.05, 0) is 42.7 Å². The summed E-state index contributed by atoms with van der Waals surface area (Å²) in [6.45, 7) is 0. The lowest BCUT2D eigenvalue weighted by atomic mass is 9.91. The largest absolute Gasteiger partial charge is 0.508 e. The van der Waals surface area contributed by atoms with Crippen molar-refractivity contribution in [3.63, 3.8) is 0 Å². The van der Waals surface area contributed by atoms with Crippen molar-refractivity contribution in [2.24, 2.45) is 0 Å². The number of carbonyl (C=O) groups excluding carboxylic acids is 1. The van der Waals surface area contributed by atoms with E-state index in [1.54, 1.807) is 12.1 Å². The summed E-state index contributed by atoms with van der Waals surface area (Å²) in [5.41, 5.74) is 4.17. The van der Waals surface area contributed by atoms with Gasteiger partial charge >= 0.3 is 0 Å². The van der Waals surface area contributed by atoms with Crippen molar-refractivity contribution in [2.45, 2.75) is 44.2 Å². The Hall–Kier alpha value is -2.79. The summed E-state index contributed by atoms with van der Waals surface area (Å²) in [7, 11) is 0. The number of aromatic nitrogens is 2. The van der Waals surface area contributed by atoms with Crippen LogP contribution in [0.4, 0.5) is 0 Å². The zero-order valence-corrected chi connectivity index (χ0v) is 16.7. The number of benzene rings is 2. The predicted octanol–water partition coefficient (Wildman–Crippen LogP) is 5.31. The highest BCUT2D eigenvalue weighted by Gasteiger charge is 2.45. The smallest absolute Gasteiger partial charge is 0.273 e. The standard InChI is InChI=1S/C23H22ClN3O2/c24-16-10-6-14(7-11-16)20-19-21(26-25-20)23(29)27(17-4-2-1-3-5-17)22(19)15-8-12-18(28)13-9-15/h6-13,17,22,28H,1-5H2,(H,25,26). The molecular formula is C23H22ClN3O2. The van der Waals surface area contributed by atoms with Crippen LogP contribution in [-0.2, 0) is 0 Å². The van der Waals surface area contributed by atoms with Crippen molar-refractivity contribution in [3.05, 3.63) is 70.4 Å². The summed E-state index contributed by atoms with van der Waals surface area (Å²) in [5.74, 6) is 0.227. The number of rotatable bonds is 3. The van der Waals surface area contributed by atoms with Crippen LogP contribution in [0.15, 0.2) is 48.5 Å². The Morgan fingerprint density at radius 1 is 1.00 bits per heavy atom. The van der Waals surface area contributed by atoms with Gasteiger partial charge in [0, 0.05) is 22.2 Å². The van der Waals surface area contributed by atoms with Crippen LogP contribution in [0.3, 0.4) is 0 Å². The van der Waals surface area contributed by atoms with E-state index in [-0.39, 0.29) is 23.7 Å². The van der Waals surface area contributed by atoms with Gasteiger partial charge in [0.15, 0.2) is 0 Å². The SMILES string of the molecule is O=C1c2[nH]nc(-c3ccc(Cl)cc3)c2C(c2ccc(O)cc2)N1C1CCCCC1. The number of hydrogen-bond donors (Lipinski definition) is 2. The van der Waals surface area contributed by atoms with Crippen molar-refractivity contribution in [1.29, 1.82) is 0 Å². The zero-order valence-electron chi connectivity index (χ0n) is 15.9. The number of H-pyrrole nitrogens is 1. The molecule has 1 amide bonds. The molecule has 5 nitrogen and oxygen atoms in total. The Balaban J connectivity index is 1.65. The van der Waals surface area contributed by atoms with Crippen LogP contribution in [0.1, 0.15) is 59.8 Å². The second kappa shape index (κ2) is 7.23. The molecule has 1 aliphatic heterocycles. The van der Waals surface area contributed by atoms with Gasteiger partial charge in [-0.25, -0.2) is 0 Å². The van der Waals surface area contributed by atoms with Crippen molar-refractivity contribution >= 4 is 17.5 Å². The van der Waals surface area contributed by atoms with Crippen molar-refractivity contribution in [2.75, 3.05) is 0 Å². The van der Waals surface area contributed by atoms with Gasteiger partial charge in [0.05, 0.1) is 11.7 Å². The molecule has 1 unspecified atom stereocenters. The average Bonchev–Trinajstić information content (AvgIpc) is 3.29. The number of phenolic OH excluding ortho intramolecular Hbond substituents is 1. The minimum absolute atomic E-state index is 0.0117. The molecule has 29 heavy (non-hydrogen) atoms. The maximum absolute atomic E-state index is 13.4. The van der Waals surface area contributed by atoms with E-state index in [1.165, 1.54) is 6.42 Å². The minimum atomic E-state index is -0.217. The number of halogens is 1. The minimum Gasteiger partial charge on any atom is -0.508 e. The third kappa shape index (κ3) is 3.10. The van der Waals surface area contributed by atoms with Crippen molar-refractivity contribution < 1.29 is 9.90 Å². The number of aromatic amines is 1. The van der Waals surface area contributed by atoms with E-state index in [4.69, 9.17) is 11.6 Å². The topological polar surface area (TPSA) is 69.2 Å². The van der Waals surface area contributed by atoms with Gasteiger partial charge in [-0.3, -0.25) is 9.89 Å². The second-order valence-corrected chi connectivity index (χ2v) is 8.30. The Bertz CT molecular complexity index is 1040. The highest BCUT2D eigenvalue weighted by atomic mass is 35.5. The number of nitrogens with one attached hydrogen (secondary N) is 1. The van der Waals surface area contributed by atoms with E-state index in [0.29, 0.717) is 10.7 Å². The monoisotopic (exact) mass is 407 g/mol. The molecule has 2 aliphatic rings. The third-order valence-electron chi connectivity index (χ3n) is 6.10. The number of aromatic hydroxyl groups is 1. The number of hydrogen-bond acceptors (Lipinski definition) is 3. The molecule has 2 aromatic carbocycles. The number of phenols is 1. The Kier molecular flexibility index (Phi) is 4.55. The summed E-state index contributed by atoms with van der Waals surface area (Å²) in [4.78, 5) is 15.5. The van der Waals surface area contributed by atoms with Crippen LogP contribution in [0.5, 0.6) is 5.75 Å². The van der Waals surface area contributed by atoms with Crippen LogP contribution in [0, 0.1) is 0 Å². The van der Waals surface area contributed by atoms with Crippen molar-refractivity contribution in [3.8, 4) is 17.0 Å². The third-order valence-corrected chi connectivity index (χ3v) is 6.35. The first-order valence-corrected chi connectivity index (χ1v) is 10.5. The molecule has 1 fully saturated rings. The maximum atomic E-state index is 13.4. The van der Waals surface area contributed by atoms with Crippen LogP contribution in [0.2, 0.25) is 5.02 Å². The van der Waals surface area contributed by atoms with Crippen LogP contribution >= 0.6 is 11.6 Å². The quantitative estimate of drug-likeness (QED) is 0.617. The summed E-state index contributed by atoms with van der Waals surface area (Å²) in [6.07, 6.45) is 5.56. The number of fused-ring (bicyclic) bond motifs is 1. The highest BCUT2D eigenvalue weighted by Crippen LogP contribution is 2.45. The molecule has 148 valence electrons. The molecule has 1 atom stereocenters. The Labute approximate surface area is 174 Å². The molecule has 0 spiro atoms. The number of nitrogens with zero attached hydrogens (tertiary/aromatic N) is 2. The lowest BCUT2D eigenvalue weighted by Crippen LogP contribution is -2.40. The molecule has 1 aliphatic carbocycles. The Morgan fingerprint density at radius 3 is 2.38 bits per heavy atom. The maximum Gasteiger partial charge on any atom is 0.273 e. The van der Waals surface area contributed by atoms with Crippen LogP contribution < -0.4 is 0 Å². The Morgan fingerprint density at radius 2 is 1.69 bits per heavy atom. The molecule has 5 rings (SSSR count). The van der Waals surface area contributed by atoms with E-state index < -0.39 is 0 Å². The van der Waals surface area contributed by atoms with Crippen LogP contribution in [0.25, 0.3) is 11.3 Å². The first-order valence-electron chi connectivity index (χ1n) is 10.1. The molecule has 3 aromatic rings. The molecule has 0 bridgehead atoms. The predicted molar refractivity (Wildman–Crippen MR) is 112 cm³/mol. The highest BCUT2D eigenvalue weighted by molar-refractivity contribution is 6.30. The van der Waals surface area contributed by atoms with Crippen molar-refractivity contribution in [1.82, 2.24) is 15.1 Å². The molecule has 2 heterocycles. The van der Waals surface area contributed by atoms with E-state index in [9.17, 15) is 9.90 Å². The summed E-state index contributed by atoms with van der Waals surface area (Å²) in [6, 6.07) is 14.7. The molecule has 1 aromatic heterocycles. The fourth-order valence-corrected chi connectivity index (χ4v) is 4.84. The first kappa shape index (κ1) is 18.3. The van der Waals surface area contributed by atoms with Gasteiger partial charge in [0.1, 0.15) is 11.4 Å². The number of amides is 1. The summed E-state index contributed by atoms with van der Waals surface area (Å²) >= 11 is 6.06. The van der Waals surface area contributed by atoms with Gasteiger partial charge in [-0.1, -0.05) is 55.1 Å². The van der Waals surface area contributed by atoms with Gasteiger partial charge < -0.3 is 10.0 Å². The summed E-state index contributed by atoms with van der Waals surface area (Å²) < 4.78 is 0. The molecule has 2 N–H and O–H groups in total. The van der Waals surface area contributed by atoms with E-state index >= 15 is 0 Å². The fourth-order valence-electron chi connectivity index (χ4n) is 4.71. The molecule has 0 saturated heterocycles. The lowest BCUT2D eigenvalue weighted by Gasteiger charge is -2.36. The van der Waals surface area contributed by atoms with E-state index in [1.807, 2.05) is 41.3 Å². The summed E-state index contributed by atoms with van der Waals surface area (Å²) in [5, 5.41) is 17.9. The zero-order chi connectivity index (χ0) is 20.0. The molecule has 1 saturated carbocycles. The van der Waals surface area contributed by atoms with E-state index in [0.717, 1.165) is 48.1 Å². The van der Waals surface area contributed by atoms with E-state index in [2.05, 4.69) is 10.2 Å². The normalized spacial score (nSPS) is 19.6. The van der Waals surface area contributed by atoms with Gasteiger partial charge in [0.2, 0.25) is 0 Å². The molecule has 6 heteroatoms. The average molecular weight is 408 g/mol. The lowest BCUT2D eigenvalue weighted by molar-refractivity contribution is 0.0606. The van der Waals surface area contributed by atoms with Gasteiger partial charge in [-0.2, -0.15) is 5.10 Å². The number of carbonyl (C=O) groups is 1. The first-order chi connectivity index (χ1) is 14.1. The molecule has 0 radical (unpaired) electrons. The van der Waals surface area contributed by atoms with Gasteiger partial charge in [0.25, 0.3) is 5.91 Å². The fraction of sp³-hybridized carbons (Fsp3) is 0.304. The molecular weight excluding hydrogens is 386 g/mol. The van der Waals surface area contributed by atoms with Gasteiger partial charge in [-0.15, -0.1) is 0 Å².